The van der Waals surface area contributed by atoms with Crippen LogP contribution in [0.15, 0.2) is 34.8 Å². The highest BCUT2D eigenvalue weighted by Gasteiger charge is 2.21. The summed E-state index contributed by atoms with van der Waals surface area (Å²) in [4.78, 5) is 14.1. The van der Waals surface area contributed by atoms with Crippen LogP contribution in [0.1, 0.15) is 31.7 Å². The van der Waals surface area contributed by atoms with E-state index >= 15 is 0 Å². The van der Waals surface area contributed by atoms with E-state index in [4.69, 9.17) is 0 Å². The molecule has 3 heteroatoms. The van der Waals surface area contributed by atoms with E-state index in [1.807, 2.05) is 35.2 Å². The molecule has 0 saturated carbocycles. The highest BCUT2D eigenvalue weighted by atomic mass is 79.9. The Kier molecular flexibility index (Phi) is 4.59. The van der Waals surface area contributed by atoms with Gasteiger partial charge in [0.05, 0.1) is 0 Å². The quantitative estimate of drug-likeness (QED) is 0.760. The standard InChI is InChI=1S/C15H18BrNO/c1-12-6-4-5-11-17(12)15(18)10-9-13-7-2-3-8-14(13)16/h2-3,7-10,12H,4-6,11H2,1H3/b10-9+. The zero-order valence-corrected chi connectivity index (χ0v) is 12.2. The summed E-state index contributed by atoms with van der Waals surface area (Å²) < 4.78 is 1.01. The summed E-state index contributed by atoms with van der Waals surface area (Å²) in [6, 6.07) is 8.28. The van der Waals surface area contributed by atoms with Gasteiger partial charge in [0.25, 0.3) is 0 Å². The Morgan fingerprint density at radius 2 is 2.17 bits per heavy atom. The van der Waals surface area contributed by atoms with Crippen LogP contribution in [0.5, 0.6) is 0 Å². The van der Waals surface area contributed by atoms with E-state index < -0.39 is 0 Å². The number of amides is 1. The fraction of sp³-hybridized carbons (Fsp3) is 0.400. The molecular weight excluding hydrogens is 290 g/mol. The molecule has 0 aliphatic carbocycles. The number of hydrogen-bond donors (Lipinski definition) is 0. The fourth-order valence-corrected chi connectivity index (χ4v) is 2.71. The average molecular weight is 308 g/mol. The molecule has 0 radical (unpaired) electrons. The summed E-state index contributed by atoms with van der Waals surface area (Å²) in [5, 5.41) is 0. The van der Waals surface area contributed by atoms with E-state index in [1.165, 1.54) is 6.42 Å². The predicted octanol–water partition coefficient (Wildman–Crippen LogP) is 3.86. The van der Waals surface area contributed by atoms with Gasteiger partial charge >= 0.3 is 0 Å². The van der Waals surface area contributed by atoms with Crippen LogP contribution in [0, 0.1) is 0 Å². The Balaban J connectivity index is 2.05. The van der Waals surface area contributed by atoms with E-state index in [1.54, 1.807) is 6.08 Å². The molecule has 1 fully saturated rings. The van der Waals surface area contributed by atoms with Gasteiger partial charge in [-0.05, 0) is 43.9 Å². The Bertz CT molecular complexity index is 456. The lowest BCUT2D eigenvalue weighted by Crippen LogP contribution is -2.41. The van der Waals surface area contributed by atoms with Crippen LogP contribution in [0.25, 0.3) is 6.08 Å². The van der Waals surface area contributed by atoms with Gasteiger partial charge in [-0.15, -0.1) is 0 Å². The summed E-state index contributed by atoms with van der Waals surface area (Å²) in [6.07, 6.45) is 7.04. The van der Waals surface area contributed by atoms with Crippen LogP contribution in [0.4, 0.5) is 0 Å². The molecule has 1 atom stereocenters. The molecule has 2 rings (SSSR count). The summed E-state index contributed by atoms with van der Waals surface area (Å²) in [5.41, 5.74) is 1.04. The van der Waals surface area contributed by atoms with Crippen molar-refractivity contribution >= 4 is 27.9 Å². The van der Waals surface area contributed by atoms with Gasteiger partial charge in [-0.25, -0.2) is 0 Å². The molecule has 18 heavy (non-hydrogen) atoms. The molecule has 1 aromatic carbocycles. The number of carbonyl (C=O) groups excluding carboxylic acids is 1. The minimum Gasteiger partial charge on any atom is -0.336 e. The SMILES string of the molecule is CC1CCCCN1C(=O)/C=C/c1ccccc1Br. The van der Waals surface area contributed by atoms with Crippen LogP contribution in [-0.4, -0.2) is 23.4 Å². The molecule has 1 unspecified atom stereocenters. The highest BCUT2D eigenvalue weighted by molar-refractivity contribution is 9.10. The Hall–Kier alpha value is -1.09. The van der Waals surface area contributed by atoms with Gasteiger partial charge in [-0.2, -0.15) is 0 Å². The number of piperidine rings is 1. The van der Waals surface area contributed by atoms with E-state index in [-0.39, 0.29) is 5.91 Å². The number of rotatable bonds is 2. The molecule has 1 aliphatic heterocycles. The van der Waals surface area contributed by atoms with E-state index in [2.05, 4.69) is 22.9 Å². The van der Waals surface area contributed by atoms with Gasteiger partial charge in [-0.3, -0.25) is 4.79 Å². The van der Waals surface area contributed by atoms with E-state index in [9.17, 15) is 4.79 Å². The van der Waals surface area contributed by atoms with Crippen molar-refractivity contribution in [2.75, 3.05) is 6.54 Å². The molecule has 96 valence electrons. The van der Waals surface area contributed by atoms with Crippen molar-refractivity contribution in [1.82, 2.24) is 4.90 Å². The van der Waals surface area contributed by atoms with Crippen LogP contribution < -0.4 is 0 Å². The summed E-state index contributed by atoms with van der Waals surface area (Å²) >= 11 is 3.48. The number of benzene rings is 1. The van der Waals surface area contributed by atoms with Crippen molar-refractivity contribution in [2.24, 2.45) is 0 Å². The van der Waals surface area contributed by atoms with Crippen molar-refractivity contribution in [3.63, 3.8) is 0 Å². The van der Waals surface area contributed by atoms with Crippen molar-refractivity contribution in [1.29, 1.82) is 0 Å². The molecular formula is C15H18BrNO. The maximum absolute atomic E-state index is 12.1. The zero-order chi connectivity index (χ0) is 13.0. The molecule has 1 aliphatic rings. The van der Waals surface area contributed by atoms with Gasteiger partial charge < -0.3 is 4.90 Å². The molecule has 1 aromatic rings. The second-order valence-electron chi connectivity index (χ2n) is 4.73. The normalized spacial score (nSPS) is 20.3. The lowest BCUT2D eigenvalue weighted by Gasteiger charge is -2.32. The summed E-state index contributed by atoms with van der Waals surface area (Å²) in [5.74, 6) is 0.123. The second-order valence-corrected chi connectivity index (χ2v) is 5.59. The van der Waals surface area contributed by atoms with Gasteiger partial charge in [0, 0.05) is 23.1 Å². The maximum atomic E-state index is 12.1. The largest absolute Gasteiger partial charge is 0.336 e. The molecule has 0 spiro atoms. The monoisotopic (exact) mass is 307 g/mol. The third kappa shape index (κ3) is 3.22. The highest BCUT2D eigenvalue weighted by Crippen LogP contribution is 2.19. The topological polar surface area (TPSA) is 20.3 Å². The number of likely N-dealkylation sites (tertiary alicyclic amines) is 1. The Labute approximate surface area is 117 Å². The van der Waals surface area contributed by atoms with Gasteiger partial charge in [0.2, 0.25) is 5.91 Å². The molecule has 1 saturated heterocycles. The van der Waals surface area contributed by atoms with Gasteiger partial charge in [0.1, 0.15) is 0 Å². The third-order valence-electron chi connectivity index (χ3n) is 3.40. The molecule has 1 amide bonds. The van der Waals surface area contributed by atoms with Crippen molar-refractivity contribution in [2.45, 2.75) is 32.2 Å². The molecule has 1 heterocycles. The first-order valence-electron chi connectivity index (χ1n) is 6.41. The number of carbonyl (C=O) groups is 1. The summed E-state index contributed by atoms with van der Waals surface area (Å²) in [6.45, 7) is 3.02. The number of hydrogen-bond acceptors (Lipinski definition) is 1. The first-order valence-corrected chi connectivity index (χ1v) is 7.21. The smallest absolute Gasteiger partial charge is 0.246 e. The van der Waals surface area contributed by atoms with Crippen LogP contribution in [-0.2, 0) is 4.79 Å². The molecule has 0 aromatic heterocycles. The first kappa shape index (κ1) is 13.3. The van der Waals surface area contributed by atoms with Gasteiger partial charge in [-0.1, -0.05) is 34.1 Å². The van der Waals surface area contributed by atoms with Crippen LogP contribution in [0.2, 0.25) is 0 Å². The fourth-order valence-electron chi connectivity index (χ4n) is 2.29. The number of halogens is 1. The lowest BCUT2D eigenvalue weighted by atomic mass is 10.0. The zero-order valence-electron chi connectivity index (χ0n) is 10.6. The van der Waals surface area contributed by atoms with Crippen LogP contribution >= 0.6 is 15.9 Å². The minimum atomic E-state index is 0.123. The predicted molar refractivity (Wildman–Crippen MR) is 78.2 cm³/mol. The lowest BCUT2D eigenvalue weighted by molar-refractivity contribution is -0.129. The van der Waals surface area contributed by atoms with Crippen molar-refractivity contribution in [3.05, 3.63) is 40.4 Å². The summed E-state index contributed by atoms with van der Waals surface area (Å²) in [7, 11) is 0. The second kappa shape index (κ2) is 6.19. The Morgan fingerprint density at radius 1 is 1.39 bits per heavy atom. The van der Waals surface area contributed by atoms with E-state index in [0.29, 0.717) is 6.04 Å². The van der Waals surface area contributed by atoms with Crippen molar-refractivity contribution in [3.8, 4) is 0 Å². The molecule has 2 nitrogen and oxygen atoms in total. The third-order valence-corrected chi connectivity index (χ3v) is 4.12. The van der Waals surface area contributed by atoms with E-state index in [0.717, 1.165) is 29.4 Å². The van der Waals surface area contributed by atoms with Crippen molar-refractivity contribution < 1.29 is 4.79 Å². The average Bonchev–Trinajstić information content (AvgIpc) is 2.38. The first-order chi connectivity index (χ1) is 8.68. The maximum Gasteiger partial charge on any atom is 0.246 e. The molecule has 0 N–H and O–H groups in total. The number of nitrogens with zero attached hydrogens (tertiary/aromatic N) is 1. The van der Waals surface area contributed by atoms with Crippen LogP contribution in [0.3, 0.4) is 0 Å². The Morgan fingerprint density at radius 3 is 2.89 bits per heavy atom. The minimum absolute atomic E-state index is 0.123. The molecule has 0 bridgehead atoms. The van der Waals surface area contributed by atoms with Gasteiger partial charge in [0.15, 0.2) is 0 Å².